The number of nitrogen functional groups attached to an aromatic ring is 1. The Bertz CT molecular complexity index is 903. The summed E-state index contributed by atoms with van der Waals surface area (Å²) in [6, 6.07) is 11.6. The second-order valence-electron chi connectivity index (χ2n) is 5.51. The molecule has 0 saturated carbocycles. The van der Waals surface area contributed by atoms with Crippen molar-refractivity contribution in [3.63, 3.8) is 0 Å². The molecule has 0 amide bonds. The molecule has 10 heteroatoms. The van der Waals surface area contributed by atoms with Gasteiger partial charge in [0.15, 0.2) is 0 Å². The number of nitrogens with one attached hydrogen (secondary N) is 1. The summed E-state index contributed by atoms with van der Waals surface area (Å²) in [5, 5.41) is 3.16. The number of aromatic nitrogens is 4. The van der Waals surface area contributed by atoms with Crippen molar-refractivity contribution >= 4 is 29.3 Å². The first-order valence-electron chi connectivity index (χ1n) is 7.84. The van der Waals surface area contributed by atoms with E-state index in [9.17, 15) is 13.2 Å². The lowest BCUT2D eigenvalue weighted by Crippen LogP contribution is -2.08. The fourth-order valence-electron chi connectivity index (χ4n) is 2.15. The van der Waals surface area contributed by atoms with Crippen LogP contribution in [0, 0.1) is 0 Å². The van der Waals surface area contributed by atoms with E-state index in [1.165, 1.54) is 17.8 Å². The number of para-hydroxylation sites is 1. The predicted octanol–water partition coefficient (Wildman–Crippen LogP) is 4.46. The molecule has 3 rings (SSSR count). The summed E-state index contributed by atoms with van der Waals surface area (Å²) in [5.74, 6) is 0.732. The third kappa shape index (κ3) is 5.07. The molecule has 3 aromatic rings. The third-order valence-corrected chi connectivity index (χ3v) is 4.47. The highest BCUT2D eigenvalue weighted by Crippen LogP contribution is 2.34. The number of hydrogen-bond acceptors (Lipinski definition) is 7. The van der Waals surface area contributed by atoms with E-state index in [0.29, 0.717) is 10.9 Å². The van der Waals surface area contributed by atoms with Crippen LogP contribution in [0.1, 0.15) is 23.6 Å². The molecule has 140 valence electrons. The van der Waals surface area contributed by atoms with Crippen molar-refractivity contribution in [2.24, 2.45) is 0 Å². The SMILES string of the molecule is CC(Sc1ccc(C(F)(F)F)cn1)c1nc(N)nc(Nc2ccccc2)n1. The number of hydrogen-bond donors (Lipinski definition) is 2. The Morgan fingerprint density at radius 1 is 1.04 bits per heavy atom. The van der Waals surface area contributed by atoms with E-state index < -0.39 is 11.7 Å². The van der Waals surface area contributed by atoms with Crippen LogP contribution in [0.2, 0.25) is 0 Å². The summed E-state index contributed by atoms with van der Waals surface area (Å²) >= 11 is 1.23. The molecule has 0 bridgehead atoms. The van der Waals surface area contributed by atoms with Gasteiger partial charge in [0.2, 0.25) is 11.9 Å². The van der Waals surface area contributed by atoms with Gasteiger partial charge < -0.3 is 11.1 Å². The van der Waals surface area contributed by atoms with Gasteiger partial charge in [0, 0.05) is 11.9 Å². The Hall–Kier alpha value is -2.88. The van der Waals surface area contributed by atoms with Crippen molar-refractivity contribution in [3.05, 3.63) is 60.0 Å². The summed E-state index contributed by atoms with van der Waals surface area (Å²) < 4.78 is 37.9. The van der Waals surface area contributed by atoms with E-state index >= 15 is 0 Å². The predicted molar refractivity (Wildman–Crippen MR) is 97.5 cm³/mol. The molecule has 1 atom stereocenters. The highest BCUT2D eigenvalue weighted by Gasteiger charge is 2.30. The zero-order valence-corrected chi connectivity index (χ0v) is 14.9. The molecule has 2 heterocycles. The first kappa shape index (κ1) is 18.9. The summed E-state index contributed by atoms with van der Waals surface area (Å²) in [6.07, 6.45) is -3.61. The number of pyridine rings is 1. The lowest BCUT2D eigenvalue weighted by atomic mass is 10.3. The molecule has 2 aromatic heterocycles. The van der Waals surface area contributed by atoms with Gasteiger partial charge >= 0.3 is 6.18 Å². The molecular weight excluding hydrogens is 377 g/mol. The van der Waals surface area contributed by atoms with Gasteiger partial charge in [-0.3, -0.25) is 0 Å². The number of anilines is 3. The Kier molecular flexibility index (Phi) is 5.45. The molecule has 0 saturated heterocycles. The monoisotopic (exact) mass is 392 g/mol. The fourth-order valence-corrected chi connectivity index (χ4v) is 2.98. The number of alkyl halides is 3. The van der Waals surface area contributed by atoms with Gasteiger partial charge in [-0.1, -0.05) is 30.0 Å². The Balaban J connectivity index is 1.75. The third-order valence-electron chi connectivity index (χ3n) is 3.42. The molecule has 0 radical (unpaired) electrons. The molecule has 6 nitrogen and oxygen atoms in total. The first-order valence-corrected chi connectivity index (χ1v) is 8.72. The second kappa shape index (κ2) is 7.78. The number of halogens is 3. The Morgan fingerprint density at radius 2 is 1.78 bits per heavy atom. The van der Waals surface area contributed by atoms with Crippen LogP contribution in [0.4, 0.5) is 30.8 Å². The molecule has 0 spiro atoms. The normalized spacial score (nSPS) is 12.6. The largest absolute Gasteiger partial charge is 0.417 e. The van der Waals surface area contributed by atoms with Crippen molar-refractivity contribution < 1.29 is 13.2 Å². The molecule has 1 aromatic carbocycles. The molecule has 3 N–H and O–H groups in total. The summed E-state index contributed by atoms with van der Waals surface area (Å²) in [6.45, 7) is 1.81. The van der Waals surface area contributed by atoms with Gasteiger partial charge in [-0.2, -0.15) is 28.1 Å². The van der Waals surface area contributed by atoms with Crippen LogP contribution in [-0.2, 0) is 6.18 Å². The number of rotatable bonds is 5. The van der Waals surface area contributed by atoms with Crippen LogP contribution < -0.4 is 11.1 Å². The number of thioether (sulfide) groups is 1. The smallest absolute Gasteiger partial charge is 0.368 e. The van der Waals surface area contributed by atoms with Gasteiger partial charge in [-0.25, -0.2) is 4.98 Å². The van der Waals surface area contributed by atoms with E-state index in [0.717, 1.165) is 18.0 Å². The van der Waals surface area contributed by atoms with E-state index in [1.54, 1.807) is 0 Å². The number of benzene rings is 1. The van der Waals surface area contributed by atoms with Gasteiger partial charge in [0.25, 0.3) is 0 Å². The quantitative estimate of drug-likeness (QED) is 0.620. The fraction of sp³-hybridized carbons (Fsp3) is 0.176. The van der Waals surface area contributed by atoms with Crippen molar-refractivity contribution in [1.82, 2.24) is 19.9 Å². The van der Waals surface area contributed by atoms with E-state index in [2.05, 4.69) is 25.3 Å². The van der Waals surface area contributed by atoms with Gasteiger partial charge in [-0.05, 0) is 31.2 Å². The van der Waals surface area contributed by atoms with E-state index in [1.807, 2.05) is 37.3 Å². The molecule has 0 aliphatic rings. The van der Waals surface area contributed by atoms with E-state index in [4.69, 9.17) is 5.73 Å². The minimum absolute atomic E-state index is 0.0475. The summed E-state index contributed by atoms with van der Waals surface area (Å²) in [7, 11) is 0. The van der Waals surface area contributed by atoms with Crippen LogP contribution in [0.25, 0.3) is 0 Å². The molecule has 0 fully saturated rings. The van der Waals surface area contributed by atoms with E-state index in [-0.39, 0.29) is 17.1 Å². The zero-order valence-electron chi connectivity index (χ0n) is 14.1. The van der Waals surface area contributed by atoms with Crippen LogP contribution in [0.3, 0.4) is 0 Å². The molecule has 0 aliphatic carbocycles. The topological polar surface area (TPSA) is 89.6 Å². The van der Waals surface area contributed by atoms with Gasteiger partial charge in [0.05, 0.1) is 15.8 Å². The van der Waals surface area contributed by atoms with Gasteiger partial charge in [0.1, 0.15) is 5.82 Å². The lowest BCUT2D eigenvalue weighted by Gasteiger charge is -2.12. The molecular formula is C17H15F3N6S. The van der Waals surface area contributed by atoms with Crippen LogP contribution in [0.15, 0.2) is 53.7 Å². The van der Waals surface area contributed by atoms with Crippen molar-refractivity contribution in [1.29, 1.82) is 0 Å². The van der Waals surface area contributed by atoms with Crippen molar-refractivity contribution in [3.8, 4) is 0 Å². The highest BCUT2D eigenvalue weighted by molar-refractivity contribution is 7.99. The maximum Gasteiger partial charge on any atom is 0.417 e. The minimum atomic E-state index is -4.41. The first-order chi connectivity index (χ1) is 12.8. The maximum absolute atomic E-state index is 12.6. The standard InChI is InChI=1S/C17H15F3N6S/c1-10(27-13-8-7-11(9-22-13)17(18,19)20)14-24-15(21)26-16(25-14)23-12-5-3-2-4-6-12/h2-10H,1H3,(H3,21,23,24,25,26). The molecule has 27 heavy (non-hydrogen) atoms. The lowest BCUT2D eigenvalue weighted by molar-refractivity contribution is -0.137. The minimum Gasteiger partial charge on any atom is -0.368 e. The zero-order chi connectivity index (χ0) is 19.4. The van der Waals surface area contributed by atoms with Crippen LogP contribution >= 0.6 is 11.8 Å². The second-order valence-corrected chi connectivity index (χ2v) is 6.87. The van der Waals surface area contributed by atoms with Crippen LogP contribution in [0.5, 0.6) is 0 Å². The number of nitrogens with zero attached hydrogens (tertiary/aromatic N) is 4. The Labute approximate surface area is 157 Å². The maximum atomic E-state index is 12.6. The summed E-state index contributed by atoms with van der Waals surface area (Å²) in [5.41, 5.74) is 5.76. The summed E-state index contributed by atoms with van der Waals surface area (Å²) in [4.78, 5) is 16.4. The Morgan fingerprint density at radius 3 is 2.41 bits per heavy atom. The van der Waals surface area contributed by atoms with Gasteiger partial charge in [-0.15, -0.1) is 0 Å². The van der Waals surface area contributed by atoms with Crippen molar-refractivity contribution in [2.75, 3.05) is 11.1 Å². The average molecular weight is 392 g/mol. The van der Waals surface area contributed by atoms with Crippen LogP contribution in [-0.4, -0.2) is 19.9 Å². The molecule has 0 aliphatic heterocycles. The number of nitrogens with two attached hydrogens (primary N) is 1. The average Bonchev–Trinajstić information content (AvgIpc) is 2.62. The highest BCUT2D eigenvalue weighted by atomic mass is 32.2. The van der Waals surface area contributed by atoms with Crippen molar-refractivity contribution in [2.45, 2.75) is 23.4 Å². The molecule has 1 unspecified atom stereocenters.